The number of pyridine rings is 1. The Balaban J connectivity index is 2.05. The quantitative estimate of drug-likeness (QED) is 0.779. The predicted molar refractivity (Wildman–Crippen MR) is 77.0 cm³/mol. The Bertz CT molecular complexity index is 692. The first-order chi connectivity index (χ1) is 9.25. The first-order valence-electron chi connectivity index (χ1n) is 6.12. The van der Waals surface area contributed by atoms with Gasteiger partial charge in [-0.1, -0.05) is 18.2 Å². The molecule has 4 nitrogen and oxygen atoms in total. The third kappa shape index (κ3) is 2.12. The molecule has 0 bridgehead atoms. The van der Waals surface area contributed by atoms with Crippen molar-refractivity contribution in [3.63, 3.8) is 0 Å². The lowest BCUT2D eigenvalue weighted by Crippen LogP contribution is -2.18. The third-order valence-corrected chi connectivity index (χ3v) is 3.13. The molecular formula is C15H15N3O. The third-order valence-electron chi connectivity index (χ3n) is 3.13. The molecule has 2 aromatic heterocycles. The van der Waals surface area contributed by atoms with Crippen LogP contribution in [0.4, 0.5) is 11.4 Å². The molecule has 0 aliphatic rings. The summed E-state index contributed by atoms with van der Waals surface area (Å²) in [5, 5.41) is 1.05. The number of fused-ring (bicyclic) bond motifs is 1. The van der Waals surface area contributed by atoms with E-state index in [9.17, 15) is 0 Å². The van der Waals surface area contributed by atoms with E-state index in [0.717, 1.165) is 22.4 Å². The lowest BCUT2D eigenvalue weighted by molar-refractivity contribution is 0.508. The van der Waals surface area contributed by atoms with Crippen molar-refractivity contribution in [2.24, 2.45) is 0 Å². The lowest BCUT2D eigenvalue weighted by atomic mass is 10.1. The van der Waals surface area contributed by atoms with E-state index in [1.54, 1.807) is 12.5 Å². The van der Waals surface area contributed by atoms with E-state index in [0.29, 0.717) is 12.2 Å². The number of benzene rings is 1. The molecule has 2 N–H and O–H groups in total. The van der Waals surface area contributed by atoms with Crippen LogP contribution in [-0.4, -0.2) is 12.0 Å². The summed E-state index contributed by atoms with van der Waals surface area (Å²) in [6.45, 7) is 0.672. The normalized spacial score (nSPS) is 10.8. The second kappa shape index (κ2) is 4.65. The van der Waals surface area contributed by atoms with Crippen LogP contribution in [0.5, 0.6) is 0 Å². The first kappa shape index (κ1) is 11.6. The molecule has 19 heavy (non-hydrogen) atoms. The number of hydrogen-bond donors (Lipinski definition) is 1. The van der Waals surface area contributed by atoms with Gasteiger partial charge >= 0.3 is 0 Å². The van der Waals surface area contributed by atoms with Gasteiger partial charge in [0.2, 0.25) is 0 Å². The van der Waals surface area contributed by atoms with Crippen molar-refractivity contribution in [1.29, 1.82) is 0 Å². The topological polar surface area (TPSA) is 55.3 Å². The van der Waals surface area contributed by atoms with E-state index in [1.165, 1.54) is 0 Å². The second-order valence-electron chi connectivity index (χ2n) is 4.51. The van der Waals surface area contributed by atoms with E-state index >= 15 is 0 Å². The number of nitrogens with zero attached hydrogens (tertiary/aromatic N) is 2. The van der Waals surface area contributed by atoms with Crippen molar-refractivity contribution in [3.8, 4) is 0 Å². The van der Waals surface area contributed by atoms with Crippen molar-refractivity contribution in [3.05, 3.63) is 54.6 Å². The highest BCUT2D eigenvalue weighted by Gasteiger charge is 2.12. The van der Waals surface area contributed by atoms with Gasteiger partial charge in [-0.05, 0) is 18.2 Å². The largest absolute Gasteiger partial charge is 0.467 e. The van der Waals surface area contributed by atoms with Gasteiger partial charge in [0.1, 0.15) is 5.76 Å². The minimum Gasteiger partial charge on any atom is -0.467 e. The number of para-hydroxylation sites is 1. The van der Waals surface area contributed by atoms with Gasteiger partial charge in [0.05, 0.1) is 35.9 Å². The molecule has 0 saturated heterocycles. The van der Waals surface area contributed by atoms with E-state index in [-0.39, 0.29) is 0 Å². The van der Waals surface area contributed by atoms with Crippen molar-refractivity contribution in [1.82, 2.24) is 4.98 Å². The summed E-state index contributed by atoms with van der Waals surface area (Å²) in [7, 11) is 2.00. The standard InChI is InChI=1S/C15H15N3O/c1-18(10-11-5-4-8-19-11)15-12-6-2-3-7-14(12)17-9-13(15)16/h2-9H,10,16H2,1H3. The average Bonchev–Trinajstić information content (AvgIpc) is 2.91. The van der Waals surface area contributed by atoms with E-state index < -0.39 is 0 Å². The number of nitrogen functional groups attached to an aromatic ring is 1. The van der Waals surface area contributed by atoms with Crippen molar-refractivity contribution < 1.29 is 4.42 Å². The SMILES string of the molecule is CN(Cc1ccco1)c1c(N)cnc2ccccc12. The Morgan fingerprint density at radius 1 is 1.21 bits per heavy atom. The fraction of sp³-hybridized carbons (Fsp3) is 0.133. The van der Waals surface area contributed by atoms with Crippen LogP contribution in [0.1, 0.15) is 5.76 Å². The summed E-state index contributed by atoms with van der Waals surface area (Å²) in [4.78, 5) is 6.43. The fourth-order valence-corrected chi connectivity index (χ4v) is 2.28. The molecule has 0 saturated carbocycles. The van der Waals surface area contributed by atoms with Crippen LogP contribution in [0.2, 0.25) is 0 Å². The average molecular weight is 253 g/mol. The molecular weight excluding hydrogens is 238 g/mol. The van der Waals surface area contributed by atoms with Crippen LogP contribution in [0, 0.1) is 0 Å². The van der Waals surface area contributed by atoms with Gasteiger partial charge < -0.3 is 15.1 Å². The Labute approximate surface area is 111 Å². The molecule has 3 aromatic rings. The number of furan rings is 1. The van der Waals surface area contributed by atoms with Crippen LogP contribution in [0.25, 0.3) is 10.9 Å². The minimum absolute atomic E-state index is 0.672. The highest BCUT2D eigenvalue weighted by atomic mass is 16.3. The molecule has 0 aliphatic carbocycles. The summed E-state index contributed by atoms with van der Waals surface area (Å²) >= 11 is 0. The highest BCUT2D eigenvalue weighted by molar-refractivity contribution is 5.97. The van der Waals surface area contributed by atoms with Crippen LogP contribution in [0.15, 0.2) is 53.3 Å². The number of hydrogen-bond acceptors (Lipinski definition) is 4. The maximum absolute atomic E-state index is 6.08. The number of rotatable bonds is 3. The summed E-state index contributed by atoms with van der Waals surface area (Å²) in [5.74, 6) is 0.905. The first-order valence-corrected chi connectivity index (χ1v) is 6.12. The maximum Gasteiger partial charge on any atom is 0.123 e. The summed E-state index contributed by atoms with van der Waals surface area (Å²) < 4.78 is 5.38. The van der Waals surface area contributed by atoms with Gasteiger partial charge in [-0.15, -0.1) is 0 Å². The summed E-state index contributed by atoms with van der Waals surface area (Å²) in [6.07, 6.45) is 3.38. The number of nitrogens with two attached hydrogens (primary N) is 1. The van der Waals surface area contributed by atoms with Crippen LogP contribution >= 0.6 is 0 Å². The Morgan fingerprint density at radius 2 is 2.05 bits per heavy atom. The van der Waals surface area contributed by atoms with E-state index in [1.807, 2.05) is 43.4 Å². The molecule has 0 radical (unpaired) electrons. The van der Waals surface area contributed by atoms with Crippen LogP contribution < -0.4 is 10.6 Å². The predicted octanol–water partition coefficient (Wildman–Crippen LogP) is 3.05. The molecule has 0 unspecified atom stereocenters. The second-order valence-corrected chi connectivity index (χ2v) is 4.51. The Kier molecular flexibility index (Phi) is 2.83. The molecule has 2 heterocycles. The summed E-state index contributed by atoms with van der Waals surface area (Å²) in [6, 6.07) is 11.8. The summed E-state index contributed by atoms with van der Waals surface area (Å²) in [5.41, 5.74) is 8.69. The maximum atomic E-state index is 6.08. The highest BCUT2D eigenvalue weighted by Crippen LogP contribution is 2.31. The molecule has 0 aliphatic heterocycles. The van der Waals surface area contributed by atoms with Gasteiger partial charge in [0.15, 0.2) is 0 Å². The smallest absolute Gasteiger partial charge is 0.123 e. The molecule has 0 fully saturated rings. The van der Waals surface area contributed by atoms with Crippen molar-refractivity contribution in [2.45, 2.75) is 6.54 Å². The molecule has 4 heteroatoms. The molecule has 1 aromatic carbocycles. The van der Waals surface area contributed by atoms with Gasteiger partial charge in [-0.3, -0.25) is 4.98 Å². The van der Waals surface area contributed by atoms with E-state index in [2.05, 4.69) is 9.88 Å². The van der Waals surface area contributed by atoms with Gasteiger partial charge in [0.25, 0.3) is 0 Å². The minimum atomic E-state index is 0.672. The lowest BCUT2D eigenvalue weighted by Gasteiger charge is -2.21. The Morgan fingerprint density at radius 3 is 2.84 bits per heavy atom. The molecule has 0 amide bonds. The molecule has 3 rings (SSSR count). The zero-order valence-electron chi connectivity index (χ0n) is 10.7. The monoisotopic (exact) mass is 253 g/mol. The molecule has 0 atom stereocenters. The zero-order chi connectivity index (χ0) is 13.2. The van der Waals surface area contributed by atoms with Crippen molar-refractivity contribution in [2.75, 3.05) is 17.7 Å². The molecule has 0 spiro atoms. The van der Waals surface area contributed by atoms with Crippen LogP contribution in [0.3, 0.4) is 0 Å². The zero-order valence-corrected chi connectivity index (χ0v) is 10.7. The molecule has 96 valence electrons. The van der Waals surface area contributed by atoms with Gasteiger partial charge in [-0.25, -0.2) is 0 Å². The van der Waals surface area contributed by atoms with Crippen LogP contribution in [-0.2, 0) is 6.54 Å². The van der Waals surface area contributed by atoms with Gasteiger partial charge in [-0.2, -0.15) is 0 Å². The fourth-order valence-electron chi connectivity index (χ4n) is 2.28. The Hall–Kier alpha value is -2.49. The van der Waals surface area contributed by atoms with E-state index in [4.69, 9.17) is 10.2 Å². The van der Waals surface area contributed by atoms with Crippen molar-refractivity contribution >= 4 is 22.3 Å². The number of anilines is 2. The number of aromatic nitrogens is 1. The van der Waals surface area contributed by atoms with Gasteiger partial charge in [0, 0.05) is 12.4 Å².